The Hall–Kier alpha value is -2.49. The SMILES string of the molecule is CC(=O)O[C@H]1C[C@@]2(C)[C@@H](C[C@@H](O)[C@H]3[C@@]4(C)CC[C@@H](O)[C@@H](C)[C@@H]4CC[C@@]32C)/C1=C(\CCC=C(C)C)C(=O)NS(=O)(=O)c1ccccc1. The number of rotatable bonds is 7. The fraction of sp³-hybridized carbons (Fsp3) is 0.676. The number of fused-ring (bicyclic) bond motifs is 5. The van der Waals surface area contributed by atoms with Crippen LogP contribution in [0.15, 0.2) is 58.0 Å². The third-order valence-corrected chi connectivity index (χ3v) is 14.2. The zero-order valence-electron chi connectivity index (χ0n) is 28.5. The molecule has 0 radical (unpaired) electrons. The smallest absolute Gasteiger partial charge is 0.303 e. The predicted molar refractivity (Wildman–Crippen MR) is 177 cm³/mol. The number of hydrogen-bond acceptors (Lipinski definition) is 7. The number of hydrogen-bond donors (Lipinski definition) is 3. The van der Waals surface area contributed by atoms with Crippen LogP contribution in [0.2, 0.25) is 0 Å². The van der Waals surface area contributed by atoms with Gasteiger partial charge in [-0.25, -0.2) is 13.1 Å². The quantitative estimate of drug-likeness (QED) is 0.184. The van der Waals surface area contributed by atoms with Crippen molar-refractivity contribution in [1.29, 1.82) is 0 Å². The molecule has 10 atom stereocenters. The highest BCUT2D eigenvalue weighted by Crippen LogP contribution is 2.74. The number of nitrogens with one attached hydrogen (secondary N) is 1. The highest BCUT2D eigenvalue weighted by atomic mass is 32.2. The normalized spacial score (nSPS) is 39.7. The summed E-state index contributed by atoms with van der Waals surface area (Å²) in [6.45, 7) is 14.3. The Morgan fingerprint density at radius 3 is 2.30 bits per heavy atom. The van der Waals surface area contributed by atoms with E-state index in [9.17, 15) is 28.2 Å². The first-order chi connectivity index (χ1) is 21.5. The molecular formula is C37H53NO7S. The van der Waals surface area contributed by atoms with Crippen LogP contribution in [-0.2, 0) is 24.3 Å². The lowest BCUT2D eigenvalue weighted by Crippen LogP contribution is -2.65. The van der Waals surface area contributed by atoms with Gasteiger partial charge in [0.05, 0.1) is 17.1 Å². The van der Waals surface area contributed by atoms with Crippen molar-refractivity contribution in [3.63, 3.8) is 0 Å². The third-order valence-electron chi connectivity index (χ3n) is 12.9. The number of benzene rings is 1. The minimum absolute atomic E-state index is 0.00920. The average Bonchev–Trinajstić information content (AvgIpc) is 3.24. The van der Waals surface area contributed by atoms with Crippen molar-refractivity contribution in [2.24, 2.45) is 39.9 Å². The van der Waals surface area contributed by atoms with Gasteiger partial charge in [0, 0.05) is 12.5 Å². The van der Waals surface area contributed by atoms with Crippen molar-refractivity contribution >= 4 is 21.9 Å². The third kappa shape index (κ3) is 5.79. The summed E-state index contributed by atoms with van der Waals surface area (Å²) in [5.41, 5.74) is 1.10. The highest BCUT2D eigenvalue weighted by Gasteiger charge is 2.70. The van der Waals surface area contributed by atoms with Crippen LogP contribution in [0.25, 0.3) is 0 Å². The Labute approximate surface area is 275 Å². The van der Waals surface area contributed by atoms with Crippen LogP contribution in [0.5, 0.6) is 0 Å². The van der Waals surface area contributed by atoms with E-state index in [1.54, 1.807) is 18.2 Å². The monoisotopic (exact) mass is 655 g/mol. The molecule has 254 valence electrons. The first-order valence-electron chi connectivity index (χ1n) is 17.0. The molecule has 3 N–H and O–H groups in total. The fourth-order valence-electron chi connectivity index (χ4n) is 10.6. The summed E-state index contributed by atoms with van der Waals surface area (Å²) in [6, 6.07) is 7.82. The summed E-state index contributed by atoms with van der Waals surface area (Å²) in [5.74, 6) is -1.06. The Bertz CT molecular complexity index is 1510. The van der Waals surface area contributed by atoms with Crippen molar-refractivity contribution in [3.05, 3.63) is 53.1 Å². The van der Waals surface area contributed by atoms with Crippen LogP contribution >= 0.6 is 0 Å². The molecule has 1 aromatic rings. The molecule has 46 heavy (non-hydrogen) atoms. The van der Waals surface area contributed by atoms with Gasteiger partial charge in [-0.05, 0) is 123 Å². The van der Waals surface area contributed by atoms with Crippen molar-refractivity contribution in [2.45, 2.75) is 123 Å². The molecule has 4 aliphatic carbocycles. The van der Waals surface area contributed by atoms with Gasteiger partial charge in [0.25, 0.3) is 15.9 Å². The molecule has 9 heteroatoms. The standard InChI is InChI=1S/C37H53NO7S/c1-22(2)12-11-15-26(34(42)38-46(43,44)25-13-9-8-10-14-25)32-28-20-30(41)33-35(5)18-17-29(40)23(3)27(35)16-19-36(33,6)37(28,7)21-31(32)45-24(4)39/h8-10,12-14,23,27-31,33,40-41H,11,15-21H2,1-7H3,(H,38,42)/b32-26-/t23-,27-,28-,29+,30+,31-,33-,35-,36-,37-/m0/s1. The average molecular weight is 656 g/mol. The maximum atomic E-state index is 14.2. The largest absolute Gasteiger partial charge is 0.458 e. The van der Waals surface area contributed by atoms with E-state index in [1.807, 2.05) is 19.9 Å². The molecule has 8 nitrogen and oxygen atoms in total. The number of aliphatic hydroxyl groups is 2. The Morgan fingerprint density at radius 2 is 1.67 bits per heavy atom. The van der Waals surface area contributed by atoms with E-state index in [0.29, 0.717) is 42.7 Å². The molecule has 0 saturated heterocycles. The maximum Gasteiger partial charge on any atom is 0.303 e. The van der Waals surface area contributed by atoms with Gasteiger partial charge in [-0.2, -0.15) is 0 Å². The van der Waals surface area contributed by atoms with Crippen LogP contribution < -0.4 is 4.72 Å². The number of allylic oxidation sites excluding steroid dienone is 2. The van der Waals surface area contributed by atoms with E-state index in [0.717, 1.165) is 24.8 Å². The van der Waals surface area contributed by atoms with Crippen LogP contribution in [0.3, 0.4) is 0 Å². The second-order valence-corrected chi connectivity index (χ2v) is 17.3. The zero-order valence-corrected chi connectivity index (χ0v) is 29.3. The van der Waals surface area contributed by atoms with Gasteiger partial charge < -0.3 is 14.9 Å². The maximum absolute atomic E-state index is 14.2. The van der Waals surface area contributed by atoms with Gasteiger partial charge in [0.2, 0.25) is 0 Å². The lowest BCUT2D eigenvalue weighted by atomic mass is 9.36. The number of amides is 1. The Balaban J connectivity index is 1.63. The number of ether oxygens (including phenoxy) is 1. The van der Waals surface area contributed by atoms with Crippen LogP contribution in [0.1, 0.15) is 99.8 Å². The van der Waals surface area contributed by atoms with Crippen molar-refractivity contribution in [1.82, 2.24) is 4.72 Å². The van der Waals surface area contributed by atoms with Crippen LogP contribution in [0.4, 0.5) is 0 Å². The first kappa shape index (κ1) is 34.8. The summed E-state index contributed by atoms with van der Waals surface area (Å²) in [7, 11) is -4.16. The fourth-order valence-corrected chi connectivity index (χ4v) is 11.6. The van der Waals surface area contributed by atoms with Crippen molar-refractivity contribution in [2.75, 3.05) is 0 Å². The number of aliphatic hydroxyl groups excluding tert-OH is 2. The van der Waals surface area contributed by atoms with E-state index >= 15 is 0 Å². The molecule has 1 amide bonds. The molecule has 0 unspecified atom stereocenters. The highest BCUT2D eigenvalue weighted by molar-refractivity contribution is 7.90. The summed E-state index contributed by atoms with van der Waals surface area (Å²) < 4.78 is 35.0. The molecule has 0 heterocycles. The molecule has 0 bridgehead atoms. The van der Waals surface area contributed by atoms with Gasteiger partial charge in [-0.15, -0.1) is 0 Å². The van der Waals surface area contributed by atoms with E-state index in [4.69, 9.17) is 4.74 Å². The number of sulfonamides is 1. The van der Waals surface area contributed by atoms with Crippen molar-refractivity contribution < 1.29 is 33.0 Å². The first-order valence-corrected chi connectivity index (χ1v) is 18.5. The molecule has 0 aliphatic heterocycles. The molecule has 1 aromatic carbocycles. The van der Waals surface area contributed by atoms with Gasteiger partial charge in [0.15, 0.2) is 0 Å². The topological polar surface area (TPSA) is 130 Å². The lowest BCUT2D eigenvalue weighted by Gasteiger charge is -2.69. The van der Waals surface area contributed by atoms with Gasteiger partial charge in [-0.1, -0.05) is 57.5 Å². The Kier molecular flexibility index (Phi) is 9.48. The van der Waals surface area contributed by atoms with Gasteiger partial charge in [-0.3, -0.25) is 9.59 Å². The second kappa shape index (κ2) is 12.5. The lowest BCUT2D eigenvalue weighted by molar-refractivity contribution is -0.234. The zero-order chi connectivity index (χ0) is 33.8. The number of carbonyl (C=O) groups excluding carboxylic acids is 2. The van der Waals surface area contributed by atoms with Gasteiger partial charge >= 0.3 is 5.97 Å². The van der Waals surface area contributed by atoms with Crippen molar-refractivity contribution in [3.8, 4) is 0 Å². The summed E-state index contributed by atoms with van der Waals surface area (Å²) in [4.78, 5) is 26.7. The summed E-state index contributed by atoms with van der Waals surface area (Å²) in [6.07, 6.45) is 5.30. The summed E-state index contributed by atoms with van der Waals surface area (Å²) >= 11 is 0. The minimum atomic E-state index is -4.16. The van der Waals surface area contributed by atoms with Crippen LogP contribution in [-0.4, -0.2) is 48.8 Å². The summed E-state index contributed by atoms with van der Waals surface area (Å²) in [5, 5.41) is 23.0. The van der Waals surface area contributed by atoms with E-state index in [-0.39, 0.29) is 46.0 Å². The number of carbonyl (C=O) groups is 2. The molecule has 4 aliphatic rings. The minimum Gasteiger partial charge on any atom is -0.458 e. The second-order valence-electron chi connectivity index (χ2n) is 15.6. The Morgan fingerprint density at radius 1 is 1.00 bits per heavy atom. The molecule has 4 fully saturated rings. The number of esters is 1. The molecule has 0 aromatic heterocycles. The van der Waals surface area contributed by atoms with E-state index < -0.39 is 39.5 Å². The molecule has 0 spiro atoms. The van der Waals surface area contributed by atoms with Gasteiger partial charge in [0.1, 0.15) is 6.10 Å². The molecule has 5 rings (SSSR count). The van der Waals surface area contributed by atoms with E-state index in [2.05, 4.69) is 32.4 Å². The van der Waals surface area contributed by atoms with Crippen LogP contribution in [0, 0.1) is 39.9 Å². The predicted octanol–water partition coefficient (Wildman–Crippen LogP) is 6.09. The van der Waals surface area contributed by atoms with E-state index in [1.165, 1.54) is 19.1 Å². The molecular weight excluding hydrogens is 602 g/mol. The molecule has 4 saturated carbocycles.